The first-order valence-corrected chi connectivity index (χ1v) is 7.31. The van der Waals surface area contributed by atoms with Crippen LogP contribution < -0.4 is 0 Å². The Morgan fingerprint density at radius 2 is 2.09 bits per heavy atom. The van der Waals surface area contributed by atoms with Crippen LogP contribution in [0.1, 0.15) is 11.9 Å². The maximum atomic E-state index is 10.3. The van der Waals surface area contributed by atoms with Crippen LogP contribution in [0.25, 0.3) is 21.9 Å². The van der Waals surface area contributed by atoms with Crippen molar-refractivity contribution in [1.82, 2.24) is 19.5 Å². The monoisotopic (exact) mass is 316 g/mol. The fourth-order valence-corrected chi connectivity index (χ4v) is 3.21. The Labute approximate surface area is 131 Å². The summed E-state index contributed by atoms with van der Waals surface area (Å²) in [5, 5.41) is 31.4. The van der Waals surface area contributed by atoms with Crippen LogP contribution in [0.5, 0.6) is 0 Å². The molecule has 4 rings (SSSR count). The molecule has 0 unspecified atom stereocenters. The molecular weight excluding hydrogens is 300 g/mol. The summed E-state index contributed by atoms with van der Waals surface area (Å²) in [7, 11) is 0. The molecule has 3 N–H and O–H groups in total. The molecule has 3 aromatic heterocycles. The molecule has 3 aromatic rings. The molecule has 120 valence electrons. The quantitative estimate of drug-likeness (QED) is 0.605. The standard InChI is InChI=1S/C15H16N4O4/c1-7-11-8-2-3-16-4-9(8)19(14(11)18-6-17-7)15-13(22)12(21)10(5-20)23-15/h2-4,6,10,12-13,15,20-22H,5H2,1H3/t10-,12-,13-,15-/m1/s1. The molecule has 1 fully saturated rings. The molecule has 4 heterocycles. The summed E-state index contributed by atoms with van der Waals surface area (Å²) in [6.45, 7) is 1.50. The zero-order valence-electron chi connectivity index (χ0n) is 12.4. The Hall–Kier alpha value is -2.13. The van der Waals surface area contributed by atoms with Crippen LogP contribution in [-0.4, -0.2) is 59.8 Å². The van der Waals surface area contributed by atoms with E-state index in [0.717, 1.165) is 22.0 Å². The Bertz CT molecular complexity index is 880. The first-order chi connectivity index (χ1) is 11.1. The lowest BCUT2D eigenvalue weighted by molar-refractivity contribution is -0.0490. The highest BCUT2D eigenvalue weighted by Crippen LogP contribution is 2.37. The fourth-order valence-electron chi connectivity index (χ4n) is 3.21. The van der Waals surface area contributed by atoms with E-state index in [1.54, 1.807) is 17.0 Å². The van der Waals surface area contributed by atoms with E-state index in [9.17, 15) is 15.3 Å². The zero-order chi connectivity index (χ0) is 16.1. The van der Waals surface area contributed by atoms with Crippen LogP contribution in [-0.2, 0) is 4.74 Å². The van der Waals surface area contributed by atoms with Crippen LogP contribution in [0.2, 0.25) is 0 Å². The molecule has 0 aliphatic carbocycles. The normalized spacial score (nSPS) is 28.0. The molecule has 8 heteroatoms. The molecule has 0 amide bonds. The molecule has 8 nitrogen and oxygen atoms in total. The minimum atomic E-state index is -1.18. The second-order valence-electron chi connectivity index (χ2n) is 5.65. The smallest absolute Gasteiger partial charge is 0.165 e. The zero-order valence-corrected chi connectivity index (χ0v) is 12.4. The van der Waals surface area contributed by atoms with Crippen molar-refractivity contribution >= 4 is 21.9 Å². The maximum Gasteiger partial charge on any atom is 0.165 e. The van der Waals surface area contributed by atoms with E-state index in [4.69, 9.17) is 4.74 Å². The Balaban J connectivity index is 2.01. The van der Waals surface area contributed by atoms with Crippen molar-refractivity contribution in [2.75, 3.05) is 6.61 Å². The van der Waals surface area contributed by atoms with Gasteiger partial charge in [0.2, 0.25) is 0 Å². The van der Waals surface area contributed by atoms with Crippen LogP contribution in [0.15, 0.2) is 24.8 Å². The lowest BCUT2D eigenvalue weighted by Gasteiger charge is -2.18. The third-order valence-electron chi connectivity index (χ3n) is 4.35. The third-order valence-corrected chi connectivity index (χ3v) is 4.35. The van der Waals surface area contributed by atoms with Crippen molar-refractivity contribution in [3.05, 3.63) is 30.5 Å². The second-order valence-corrected chi connectivity index (χ2v) is 5.65. The second kappa shape index (κ2) is 5.20. The van der Waals surface area contributed by atoms with E-state index >= 15 is 0 Å². The lowest BCUT2D eigenvalue weighted by Crippen LogP contribution is -2.33. The van der Waals surface area contributed by atoms with Gasteiger partial charge in [0.1, 0.15) is 30.3 Å². The van der Waals surface area contributed by atoms with E-state index in [1.165, 1.54) is 6.33 Å². The van der Waals surface area contributed by atoms with Crippen molar-refractivity contribution in [3.8, 4) is 0 Å². The van der Waals surface area contributed by atoms with E-state index in [1.807, 2.05) is 13.0 Å². The van der Waals surface area contributed by atoms with E-state index in [-0.39, 0.29) is 6.61 Å². The average molecular weight is 316 g/mol. The lowest BCUT2D eigenvalue weighted by atomic mass is 10.1. The summed E-state index contributed by atoms with van der Waals surface area (Å²) in [6, 6.07) is 1.85. The summed E-state index contributed by atoms with van der Waals surface area (Å²) in [4.78, 5) is 12.7. The first-order valence-electron chi connectivity index (χ1n) is 7.31. The predicted molar refractivity (Wildman–Crippen MR) is 80.6 cm³/mol. The fraction of sp³-hybridized carbons (Fsp3) is 0.400. The van der Waals surface area contributed by atoms with Crippen molar-refractivity contribution in [2.45, 2.75) is 31.5 Å². The molecule has 0 aromatic carbocycles. The minimum Gasteiger partial charge on any atom is -0.394 e. The van der Waals surface area contributed by atoms with Crippen molar-refractivity contribution < 1.29 is 20.1 Å². The Morgan fingerprint density at radius 3 is 2.83 bits per heavy atom. The van der Waals surface area contributed by atoms with Gasteiger partial charge < -0.3 is 20.1 Å². The Morgan fingerprint density at radius 1 is 1.26 bits per heavy atom. The van der Waals surface area contributed by atoms with Crippen molar-refractivity contribution in [1.29, 1.82) is 0 Å². The number of aryl methyl sites for hydroxylation is 1. The highest BCUT2D eigenvalue weighted by Gasteiger charge is 2.44. The van der Waals surface area contributed by atoms with Gasteiger partial charge in [0.25, 0.3) is 0 Å². The van der Waals surface area contributed by atoms with Gasteiger partial charge in [0, 0.05) is 17.0 Å². The van der Waals surface area contributed by atoms with E-state index in [2.05, 4.69) is 15.0 Å². The summed E-state index contributed by atoms with van der Waals surface area (Å²) in [6.07, 6.45) is 0.726. The number of aliphatic hydroxyl groups excluding tert-OH is 3. The molecule has 4 atom stereocenters. The van der Waals surface area contributed by atoms with E-state index < -0.39 is 24.5 Å². The molecule has 1 saturated heterocycles. The number of nitrogens with zero attached hydrogens (tertiary/aromatic N) is 4. The molecule has 1 aliphatic rings. The SMILES string of the molecule is Cc1ncnc2c1c1ccncc1n2[C@@H]1O[C@H](CO)[C@@H](O)[C@H]1O. The number of ether oxygens (including phenoxy) is 1. The molecule has 0 saturated carbocycles. The van der Waals surface area contributed by atoms with Gasteiger partial charge in [-0.1, -0.05) is 0 Å². The highest BCUT2D eigenvalue weighted by molar-refractivity contribution is 6.07. The van der Waals surface area contributed by atoms with Crippen LogP contribution >= 0.6 is 0 Å². The summed E-state index contributed by atoms with van der Waals surface area (Å²) in [5.41, 5.74) is 2.12. The van der Waals surface area contributed by atoms with Gasteiger partial charge >= 0.3 is 0 Å². The van der Waals surface area contributed by atoms with Gasteiger partial charge in [-0.25, -0.2) is 9.97 Å². The summed E-state index contributed by atoms with van der Waals surface area (Å²) < 4.78 is 7.36. The predicted octanol–water partition coefficient (Wildman–Crippen LogP) is -0.101. The van der Waals surface area contributed by atoms with Crippen LogP contribution in [0, 0.1) is 6.92 Å². The number of rotatable bonds is 2. The molecule has 23 heavy (non-hydrogen) atoms. The largest absolute Gasteiger partial charge is 0.394 e. The topological polar surface area (TPSA) is 114 Å². The number of aliphatic hydroxyl groups is 3. The third kappa shape index (κ3) is 1.96. The van der Waals surface area contributed by atoms with Crippen LogP contribution in [0.4, 0.5) is 0 Å². The number of pyridine rings is 1. The summed E-state index contributed by atoms with van der Waals surface area (Å²) in [5.74, 6) is 0. The molecule has 0 bridgehead atoms. The average Bonchev–Trinajstić information content (AvgIpc) is 3.04. The number of hydrogen-bond acceptors (Lipinski definition) is 7. The molecular formula is C15H16N4O4. The maximum absolute atomic E-state index is 10.3. The van der Waals surface area contributed by atoms with Gasteiger partial charge in [-0.3, -0.25) is 9.55 Å². The number of aromatic nitrogens is 4. The van der Waals surface area contributed by atoms with Crippen molar-refractivity contribution in [3.63, 3.8) is 0 Å². The van der Waals surface area contributed by atoms with Crippen molar-refractivity contribution in [2.24, 2.45) is 0 Å². The van der Waals surface area contributed by atoms with Gasteiger partial charge in [0.15, 0.2) is 6.23 Å². The highest BCUT2D eigenvalue weighted by atomic mass is 16.6. The van der Waals surface area contributed by atoms with Gasteiger partial charge in [0.05, 0.1) is 24.0 Å². The van der Waals surface area contributed by atoms with Gasteiger partial charge in [-0.05, 0) is 13.0 Å². The number of fused-ring (bicyclic) bond motifs is 3. The van der Waals surface area contributed by atoms with Gasteiger partial charge in [-0.2, -0.15) is 0 Å². The molecule has 0 spiro atoms. The molecule has 1 aliphatic heterocycles. The molecule has 0 radical (unpaired) electrons. The van der Waals surface area contributed by atoms with E-state index in [0.29, 0.717) is 5.65 Å². The number of hydrogen-bond donors (Lipinski definition) is 3. The van der Waals surface area contributed by atoms with Gasteiger partial charge in [-0.15, -0.1) is 0 Å². The minimum absolute atomic E-state index is 0.377. The van der Waals surface area contributed by atoms with Crippen LogP contribution in [0.3, 0.4) is 0 Å². The summed E-state index contributed by atoms with van der Waals surface area (Å²) >= 11 is 0. The Kier molecular flexibility index (Phi) is 3.27. The first kappa shape index (κ1) is 14.5.